The van der Waals surface area contributed by atoms with E-state index in [1.807, 2.05) is 31.2 Å². The molecule has 2 fully saturated rings. The molecule has 1 aliphatic carbocycles. The second-order valence-electron chi connectivity index (χ2n) is 7.18. The number of carbonyl (C=O) groups excluding carboxylic acids is 2. The molecule has 1 aliphatic heterocycles. The first kappa shape index (κ1) is 16.0. The molecule has 25 heavy (non-hydrogen) atoms. The van der Waals surface area contributed by atoms with Crippen LogP contribution in [0.2, 0.25) is 0 Å². The molecule has 1 saturated heterocycles. The molecule has 0 bridgehead atoms. The Kier molecular flexibility index (Phi) is 3.71. The van der Waals surface area contributed by atoms with Gasteiger partial charge in [0.2, 0.25) is 0 Å². The largest absolute Gasteiger partial charge is 0.325 e. The van der Waals surface area contributed by atoms with Gasteiger partial charge in [0.15, 0.2) is 0 Å². The number of imide groups is 1. The Balaban J connectivity index is 1.66. The van der Waals surface area contributed by atoms with Crippen LogP contribution in [-0.2, 0) is 11.3 Å². The number of benzene rings is 1. The van der Waals surface area contributed by atoms with Gasteiger partial charge in [0.1, 0.15) is 5.54 Å². The van der Waals surface area contributed by atoms with Crippen molar-refractivity contribution in [2.75, 3.05) is 0 Å². The highest BCUT2D eigenvalue weighted by atomic mass is 16.2. The van der Waals surface area contributed by atoms with Crippen LogP contribution in [0.5, 0.6) is 0 Å². The zero-order valence-corrected chi connectivity index (χ0v) is 14.6. The summed E-state index contributed by atoms with van der Waals surface area (Å²) >= 11 is 0. The van der Waals surface area contributed by atoms with E-state index in [1.165, 1.54) is 4.90 Å². The molecule has 2 aliphatic rings. The van der Waals surface area contributed by atoms with E-state index in [4.69, 9.17) is 0 Å². The molecule has 0 unspecified atom stereocenters. The fourth-order valence-corrected chi connectivity index (χ4v) is 4.06. The lowest BCUT2D eigenvalue weighted by molar-refractivity contribution is -0.134. The Hall–Kier alpha value is -2.50. The summed E-state index contributed by atoms with van der Waals surface area (Å²) in [5.74, 6) is 0.0468. The first-order valence-electron chi connectivity index (χ1n) is 8.87. The lowest BCUT2D eigenvalue weighted by Gasteiger charge is -2.36. The summed E-state index contributed by atoms with van der Waals surface area (Å²) < 4.78 is 0. The van der Waals surface area contributed by atoms with Crippen LogP contribution in [0.25, 0.3) is 11.0 Å². The Morgan fingerprint density at radius 1 is 1.20 bits per heavy atom. The second-order valence-corrected chi connectivity index (χ2v) is 7.18. The van der Waals surface area contributed by atoms with Gasteiger partial charge in [-0.15, -0.1) is 0 Å². The monoisotopic (exact) mass is 338 g/mol. The molecule has 2 aromatic rings. The molecule has 1 spiro atoms. The minimum Gasteiger partial charge on any atom is -0.323 e. The maximum Gasteiger partial charge on any atom is 0.325 e. The molecule has 1 aromatic heterocycles. The predicted molar refractivity (Wildman–Crippen MR) is 93.7 cm³/mol. The summed E-state index contributed by atoms with van der Waals surface area (Å²) in [5.41, 5.74) is 2.28. The molecular formula is C19H22N4O2. The number of amides is 3. The number of rotatable bonds is 2. The number of para-hydroxylation sites is 2. The van der Waals surface area contributed by atoms with Gasteiger partial charge in [-0.05, 0) is 37.8 Å². The summed E-state index contributed by atoms with van der Waals surface area (Å²) in [6.07, 6.45) is 3.77. The van der Waals surface area contributed by atoms with E-state index in [-0.39, 0.29) is 24.4 Å². The molecule has 1 N–H and O–H groups in total. The van der Waals surface area contributed by atoms with E-state index in [9.17, 15) is 9.59 Å². The third-order valence-electron chi connectivity index (χ3n) is 5.65. The van der Waals surface area contributed by atoms with Gasteiger partial charge in [-0.25, -0.2) is 14.8 Å². The Bertz CT molecular complexity index is 866. The molecule has 4 rings (SSSR count). The van der Waals surface area contributed by atoms with Gasteiger partial charge in [-0.3, -0.25) is 9.69 Å². The average Bonchev–Trinajstić information content (AvgIpc) is 2.83. The molecule has 3 amide bonds. The van der Waals surface area contributed by atoms with Gasteiger partial charge in [-0.1, -0.05) is 31.9 Å². The number of carbonyl (C=O) groups is 2. The minimum absolute atomic E-state index is 0.112. The summed E-state index contributed by atoms with van der Waals surface area (Å²) in [6, 6.07) is 7.31. The first-order valence-corrected chi connectivity index (χ1v) is 8.87. The van der Waals surface area contributed by atoms with Crippen LogP contribution in [0.3, 0.4) is 0 Å². The van der Waals surface area contributed by atoms with Crippen molar-refractivity contribution in [2.24, 2.45) is 5.92 Å². The van der Waals surface area contributed by atoms with Crippen molar-refractivity contribution in [1.82, 2.24) is 20.2 Å². The average molecular weight is 338 g/mol. The van der Waals surface area contributed by atoms with Crippen molar-refractivity contribution >= 4 is 23.0 Å². The van der Waals surface area contributed by atoms with Crippen LogP contribution >= 0.6 is 0 Å². The zero-order valence-electron chi connectivity index (χ0n) is 14.6. The van der Waals surface area contributed by atoms with Gasteiger partial charge in [0, 0.05) is 0 Å². The Labute approximate surface area is 146 Å². The third kappa shape index (κ3) is 2.47. The summed E-state index contributed by atoms with van der Waals surface area (Å²) in [5, 5.41) is 2.99. The fourth-order valence-electron chi connectivity index (χ4n) is 4.06. The van der Waals surface area contributed by atoms with Crippen molar-refractivity contribution < 1.29 is 9.59 Å². The Morgan fingerprint density at radius 3 is 2.64 bits per heavy atom. The molecule has 1 saturated carbocycles. The van der Waals surface area contributed by atoms with Crippen molar-refractivity contribution in [1.29, 1.82) is 0 Å². The highest BCUT2D eigenvalue weighted by molar-refractivity contribution is 6.07. The summed E-state index contributed by atoms with van der Waals surface area (Å²) in [6.45, 7) is 4.09. The van der Waals surface area contributed by atoms with Crippen LogP contribution in [0.1, 0.15) is 44.0 Å². The number of hydrogen-bond acceptors (Lipinski definition) is 4. The molecule has 130 valence electrons. The molecular weight excluding hydrogens is 316 g/mol. The zero-order chi connectivity index (χ0) is 17.6. The smallest absolute Gasteiger partial charge is 0.323 e. The number of urea groups is 1. The molecule has 6 heteroatoms. The number of aromatic nitrogens is 2. The van der Waals surface area contributed by atoms with Crippen molar-refractivity contribution in [3.05, 3.63) is 35.7 Å². The van der Waals surface area contributed by atoms with Gasteiger partial charge in [0.25, 0.3) is 5.91 Å². The number of fused-ring (bicyclic) bond motifs is 1. The summed E-state index contributed by atoms with van der Waals surface area (Å²) in [7, 11) is 0. The molecule has 6 nitrogen and oxygen atoms in total. The van der Waals surface area contributed by atoms with E-state index in [0.29, 0.717) is 5.69 Å². The third-order valence-corrected chi connectivity index (χ3v) is 5.65. The summed E-state index contributed by atoms with van der Waals surface area (Å²) in [4.78, 5) is 36.1. The van der Waals surface area contributed by atoms with Gasteiger partial charge in [-0.2, -0.15) is 0 Å². The lowest BCUT2D eigenvalue weighted by Crippen LogP contribution is -2.53. The standard InChI is InChI=1S/C19H22N4O2/c1-12-7-5-6-10-19(12)17(24)23(18(25)22-19)11-16-13(2)20-14-8-3-4-9-15(14)21-16/h3-4,8-9,12H,5-7,10-11H2,1-2H3,(H,22,25)/t12-,19-/m1/s1. The quantitative estimate of drug-likeness (QED) is 0.854. The van der Waals surface area contributed by atoms with E-state index >= 15 is 0 Å². The maximum absolute atomic E-state index is 13.1. The molecule has 0 radical (unpaired) electrons. The van der Waals surface area contributed by atoms with E-state index in [1.54, 1.807) is 0 Å². The predicted octanol–water partition coefficient (Wildman–Crippen LogP) is 2.94. The molecule has 2 atom stereocenters. The van der Waals surface area contributed by atoms with Gasteiger partial charge < -0.3 is 5.32 Å². The topological polar surface area (TPSA) is 75.2 Å². The Morgan fingerprint density at radius 2 is 1.92 bits per heavy atom. The van der Waals surface area contributed by atoms with Crippen molar-refractivity contribution in [2.45, 2.75) is 51.6 Å². The van der Waals surface area contributed by atoms with Gasteiger partial charge >= 0.3 is 6.03 Å². The number of nitrogens with one attached hydrogen (secondary N) is 1. The minimum atomic E-state index is -0.729. The van der Waals surface area contributed by atoms with E-state index in [0.717, 1.165) is 42.4 Å². The van der Waals surface area contributed by atoms with Crippen LogP contribution in [0.4, 0.5) is 4.79 Å². The van der Waals surface area contributed by atoms with Crippen LogP contribution < -0.4 is 5.32 Å². The number of aryl methyl sites for hydroxylation is 1. The number of nitrogens with zero attached hydrogens (tertiary/aromatic N) is 3. The normalized spacial score (nSPS) is 26.5. The molecule has 1 aromatic carbocycles. The fraction of sp³-hybridized carbons (Fsp3) is 0.474. The van der Waals surface area contributed by atoms with E-state index < -0.39 is 5.54 Å². The van der Waals surface area contributed by atoms with Crippen molar-refractivity contribution in [3.8, 4) is 0 Å². The number of hydrogen-bond donors (Lipinski definition) is 1. The van der Waals surface area contributed by atoms with E-state index in [2.05, 4.69) is 22.2 Å². The maximum atomic E-state index is 13.1. The van der Waals surface area contributed by atoms with Crippen molar-refractivity contribution in [3.63, 3.8) is 0 Å². The highest BCUT2D eigenvalue weighted by Gasteiger charge is 2.54. The lowest BCUT2D eigenvalue weighted by atomic mass is 9.73. The van der Waals surface area contributed by atoms with Crippen LogP contribution in [0, 0.1) is 12.8 Å². The van der Waals surface area contributed by atoms with Crippen LogP contribution in [-0.4, -0.2) is 32.3 Å². The van der Waals surface area contributed by atoms with Crippen LogP contribution in [0.15, 0.2) is 24.3 Å². The highest BCUT2D eigenvalue weighted by Crippen LogP contribution is 2.38. The molecule has 2 heterocycles. The second kappa shape index (κ2) is 5.79. The SMILES string of the molecule is Cc1nc2ccccc2nc1CN1C(=O)N[C@@]2(CCCC[C@H]2C)C1=O. The van der Waals surface area contributed by atoms with Gasteiger partial charge in [0.05, 0.1) is 29.0 Å². The first-order chi connectivity index (χ1) is 12.0.